The van der Waals surface area contributed by atoms with Crippen LogP contribution in [-0.2, 0) is 0 Å². The molecule has 13 heavy (non-hydrogen) atoms. The summed E-state index contributed by atoms with van der Waals surface area (Å²) < 4.78 is 3.82. The van der Waals surface area contributed by atoms with Crippen molar-refractivity contribution in [1.82, 2.24) is 14.5 Å². The third-order valence-electron chi connectivity index (χ3n) is 1.53. The number of nitrogens with zero attached hydrogens (tertiary/aromatic N) is 3. The van der Waals surface area contributed by atoms with Gasteiger partial charge >= 0.3 is 0 Å². The molecule has 0 spiro atoms. The molecular weight excluding hydrogens is 345 g/mol. The third-order valence-corrected chi connectivity index (χ3v) is 2.55. The van der Waals surface area contributed by atoms with Gasteiger partial charge in [-0.2, -0.15) is 0 Å². The number of hydrogen-bond donors (Lipinski definition) is 0. The molecule has 5 heteroatoms. The molecule has 2 heterocycles. The lowest BCUT2D eigenvalue weighted by Gasteiger charge is -1.98. The fourth-order valence-electron chi connectivity index (χ4n) is 0.945. The van der Waals surface area contributed by atoms with Crippen molar-refractivity contribution in [3.05, 3.63) is 39.0 Å². The Morgan fingerprint density at radius 2 is 2.15 bits per heavy atom. The van der Waals surface area contributed by atoms with Gasteiger partial charge in [-0.1, -0.05) is 0 Å². The monoisotopic (exact) mass is 349 g/mol. The molecule has 2 rings (SSSR count). The van der Waals surface area contributed by atoms with Gasteiger partial charge in [-0.3, -0.25) is 4.57 Å². The Balaban J connectivity index is 2.41. The van der Waals surface area contributed by atoms with Gasteiger partial charge < -0.3 is 0 Å². The highest BCUT2D eigenvalue weighted by Crippen LogP contribution is 2.11. The second-order valence-corrected chi connectivity index (χ2v) is 4.46. The molecule has 0 fully saturated rings. The summed E-state index contributed by atoms with van der Waals surface area (Å²) in [5.74, 6) is 0.874. The van der Waals surface area contributed by atoms with Gasteiger partial charge in [-0.25, -0.2) is 9.97 Å². The molecule has 0 aliphatic carbocycles. The van der Waals surface area contributed by atoms with Crippen LogP contribution in [0, 0.1) is 3.70 Å². The topological polar surface area (TPSA) is 30.7 Å². The summed E-state index contributed by atoms with van der Waals surface area (Å²) in [4.78, 5) is 8.35. The first kappa shape index (κ1) is 9.14. The quantitative estimate of drug-likeness (QED) is 0.741. The van der Waals surface area contributed by atoms with Crippen molar-refractivity contribution >= 4 is 38.5 Å². The Kier molecular flexibility index (Phi) is 2.63. The lowest BCUT2D eigenvalue weighted by molar-refractivity contribution is 0.991. The number of imidazole rings is 1. The molecule has 0 saturated carbocycles. The Labute approximate surface area is 97.5 Å². The summed E-state index contributed by atoms with van der Waals surface area (Å²) in [6.07, 6.45) is 5.44. The Morgan fingerprint density at radius 1 is 1.31 bits per heavy atom. The number of hydrogen-bond acceptors (Lipinski definition) is 2. The maximum Gasteiger partial charge on any atom is 0.137 e. The minimum absolute atomic E-state index is 0.874. The van der Waals surface area contributed by atoms with Crippen molar-refractivity contribution in [3.63, 3.8) is 0 Å². The Bertz CT molecular complexity index is 410. The largest absolute Gasteiger partial charge is 0.289 e. The van der Waals surface area contributed by atoms with Gasteiger partial charge in [0, 0.05) is 16.9 Å². The van der Waals surface area contributed by atoms with E-state index in [0.29, 0.717) is 0 Å². The van der Waals surface area contributed by atoms with E-state index in [-0.39, 0.29) is 0 Å². The van der Waals surface area contributed by atoms with Crippen molar-refractivity contribution in [1.29, 1.82) is 0 Å². The van der Waals surface area contributed by atoms with E-state index in [1.165, 1.54) is 0 Å². The zero-order valence-corrected chi connectivity index (χ0v) is 10.2. The molecular formula is C8H5BrIN3. The van der Waals surface area contributed by atoms with E-state index >= 15 is 0 Å². The van der Waals surface area contributed by atoms with Gasteiger partial charge in [-0.15, -0.1) is 0 Å². The van der Waals surface area contributed by atoms with Crippen molar-refractivity contribution in [3.8, 4) is 5.82 Å². The molecule has 0 aliphatic heterocycles. The summed E-state index contributed by atoms with van der Waals surface area (Å²) in [5.41, 5.74) is 0. The molecule has 2 aromatic rings. The number of halogens is 2. The predicted molar refractivity (Wildman–Crippen MR) is 61.8 cm³/mol. The third kappa shape index (κ3) is 2.08. The van der Waals surface area contributed by atoms with Crippen LogP contribution in [0.1, 0.15) is 0 Å². The van der Waals surface area contributed by atoms with Crippen molar-refractivity contribution in [2.45, 2.75) is 0 Å². The Morgan fingerprint density at radius 3 is 2.69 bits per heavy atom. The van der Waals surface area contributed by atoms with E-state index < -0.39 is 0 Å². The summed E-state index contributed by atoms with van der Waals surface area (Å²) in [7, 11) is 0. The lowest BCUT2D eigenvalue weighted by atomic mass is 10.4. The molecule has 0 atom stereocenters. The zero-order valence-electron chi connectivity index (χ0n) is 6.48. The highest BCUT2D eigenvalue weighted by molar-refractivity contribution is 14.1. The maximum atomic E-state index is 4.23. The predicted octanol–water partition coefficient (Wildman–Crippen LogP) is 2.63. The van der Waals surface area contributed by atoms with Gasteiger partial charge in [0.2, 0.25) is 0 Å². The van der Waals surface area contributed by atoms with E-state index in [9.17, 15) is 0 Å². The minimum atomic E-state index is 0.874. The average Bonchev–Trinajstić information content (AvgIpc) is 2.53. The number of rotatable bonds is 1. The lowest BCUT2D eigenvalue weighted by Crippen LogP contribution is -1.92. The Hall–Kier alpha value is -0.430. The van der Waals surface area contributed by atoms with Crippen LogP contribution in [0.4, 0.5) is 0 Å². The number of pyridine rings is 1. The summed E-state index contributed by atoms with van der Waals surface area (Å²) in [6, 6.07) is 3.89. The highest BCUT2D eigenvalue weighted by Gasteiger charge is 1.98. The van der Waals surface area contributed by atoms with E-state index in [1.54, 1.807) is 12.5 Å². The van der Waals surface area contributed by atoms with Gasteiger partial charge in [0.15, 0.2) is 0 Å². The van der Waals surface area contributed by atoms with Crippen LogP contribution in [0.15, 0.2) is 35.3 Å². The van der Waals surface area contributed by atoms with Crippen molar-refractivity contribution < 1.29 is 0 Å². The molecule has 0 bridgehead atoms. The number of aromatic nitrogens is 3. The molecule has 0 aliphatic rings. The van der Waals surface area contributed by atoms with Crippen LogP contribution >= 0.6 is 38.5 Å². The summed E-state index contributed by atoms with van der Waals surface area (Å²) in [5, 5.41) is 0. The van der Waals surface area contributed by atoms with E-state index in [0.717, 1.165) is 14.0 Å². The van der Waals surface area contributed by atoms with Gasteiger partial charge in [0.1, 0.15) is 15.8 Å². The molecule has 2 aromatic heterocycles. The fourth-order valence-corrected chi connectivity index (χ4v) is 1.60. The molecule has 3 nitrogen and oxygen atoms in total. The zero-order chi connectivity index (χ0) is 9.26. The van der Waals surface area contributed by atoms with Crippen molar-refractivity contribution in [2.75, 3.05) is 0 Å². The average molecular weight is 350 g/mol. The smallest absolute Gasteiger partial charge is 0.137 e. The standard InChI is InChI=1S/C8H5BrIN3/c9-6-1-2-8(11-3-6)13-4-7(10)12-5-13/h1-5H. The van der Waals surface area contributed by atoms with Crippen LogP contribution in [0.5, 0.6) is 0 Å². The fraction of sp³-hybridized carbons (Fsp3) is 0. The normalized spacial score (nSPS) is 10.3. The van der Waals surface area contributed by atoms with E-state index in [1.807, 2.05) is 22.9 Å². The second-order valence-electron chi connectivity index (χ2n) is 2.44. The van der Waals surface area contributed by atoms with Crippen LogP contribution in [0.2, 0.25) is 0 Å². The summed E-state index contributed by atoms with van der Waals surface area (Å²) in [6.45, 7) is 0. The molecule has 0 radical (unpaired) electrons. The molecule has 0 amide bonds. The summed E-state index contributed by atoms with van der Waals surface area (Å²) >= 11 is 5.50. The van der Waals surface area contributed by atoms with Crippen LogP contribution in [-0.4, -0.2) is 14.5 Å². The SMILES string of the molecule is Brc1ccc(-n2cnc(I)c2)nc1. The second kappa shape index (κ2) is 3.75. The van der Waals surface area contributed by atoms with Gasteiger partial charge in [0.25, 0.3) is 0 Å². The molecule has 0 unspecified atom stereocenters. The van der Waals surface area contributed by atoms with E-state index in [4.69, 9.17) is 0 Å². The molecule has 0 saturated heterocycles. The van der Waals surface area contributed by atoms with Crippen LogP contribution in [0.25, 0.3) is 5.82 Å². The maximum absolute atomic E-state index is 4.23. The molecule has 0 aromatic carbocycles. The van der Waals surface area contributed by atoms with Crippen LogP contribution in [0.3, 0.4) is 0 Å². The first-order valence-electron chi connectivity index (χ1n) is 3.57. The molecule has 0 N–H and O–H groups in total. The minimum Gasteiger partial charge on any atom is -0.289 e. The van der Waals surface area contributed by atoms with Gasteiger partial charge in [0.05, 0.1) is 0 Å². The first-order chi connectivity index (χ1) is 6.25. The van der Waals surface area contributed by atoms with Crippen molar-refractivity contribution in [2.24, 2.45) is 0 Å². The van der Waals surface area contributed by atoms with Crippen LogP contribution < -0.4 is 0 Å². The first-order valence-corrected chi connectivity index (χ1v) is 5.44. The molecule has 66 valence electrons. The van der Waals surface area contributed by atoms with Gasteiger partial charge in [-0.05, 0) is 50.7 Å². The van der Waals surface area contributed by atoms with E-state index in [2.05, 4.69) is 48.5 Å². The highest BCUT2D eigenvalue weighted by atomic mass is 127.